The fraction of sp³-hybridized carbons (Fsp3) is 0.231. The first-order valence-corrected chi connectivity index (χ1v) is 5.94. The normalized spacial score (nSPS) is 15.8. The molecule has 0 aliphatic carbocycles. The highest BCUT2D eigenvalue weighted by molar-refractivity contribution is 6.31. The van der Waals surface area contributed by atoms with Crippen molar-refractivity contribution in [3.63, 3.8) is 0 Å². The van der Waals surface area contributed by atoms with Crippen LogP contribution in [0.3, 0.4) is 0 Å². The lowest BCUT2D eigenvalue weighted by Crippen LogP contribution is -2.55. The summed E-state index contributed by atoms with van der Waals surface area (Å²) in [6, 6.07) is 5.36. The van der Waals surface area contributed by atoms with Crippen molar-refractivity contribution < 1.29 is 31.5 Å². The van der Waals surface area contributed by atoms with Crippen LogP contribution in [-0.4, -0.2) is 17.2 Å². The molecule has 1 unspecified atom stereocenters. The molecular weight excluding hydrogens is 319 g/mol. The highest BCUT2D eigenvalue weighted by Gasteiger charge is 2.71. The molecule has 0 aliphatic heterocycles. The third kappa shape index (κ3) is 2.30. The monoisotopic (exact) mass is 326 g/mol. The molecule has 21 heavy (non-hydrogen) atoms. The van der Waals surface area contributed by atoms with Gasteiger partial charge < -0.3 is 9.52 Å². The van der Waals surface area contributed by atoms with Crippen LogP contribution in [-0.2, 0) is 5.60 Å². The van der Waals surface area contributed by atoms with Crippen molar-refractivity contribution in [2.24, 2.45) is 0 Å². The van der Waals surface area contributed by atoms with Gasteiger partial charge in [-0.05, 0) is 12.1 Å². The Labute approximate surface area is 120 Å². The zero-order valence-corrected chi connectivity index (χ0v) is 10.9. The summed E-state index contributed by atoms with van der Waals surface area (Å²) in [6.45, 7) is 0. The van der Waals surface area contributed by atoms with Crippen molar-refractivity contribution >= 4 is 11.6 Å². The zero-order chi connectivity index (χ0) is 15.9. The number of hydrogen-bond acceptors (Lipinski definition) is 2. The predicted molar refractivity (Wildman–Crippen MR) is 64.2 cm³/mol. The van der Waals surface area contributed by atoms with Gasteiger partial charge >= 0.3 is 12.1 Å². The van der Waals surface area contributed by atoms with Crippen LogP contribution in [0.2, 0.25) is 5.02 Å². The standard InChI is InChI=1S/C13H8ClF5O2/c14-10-4-2-1-3-9(10)11(20,8-5-6-21-7-8)12(15,16)13(17,18)19/h1-7,20H. The van der Waals surface area contributed by atoms with Crippen molar-refractivity contribution in [3.8, 4) is 0 Å². The van der Waals surface area contributed by atoms with Crippen molar-refractivity contribution in [2.75, 3.05) is 0 Å². The van der Waals surface area contributed by atoms with Gasteiger partial charge in [0.2, 0.25) is 0 Å². The van der Waals surface area contributed by atoms with Crippen LogP contribution in [0.15, 0.2) is 47.3 Å². The third-order valence-corrected chi connectivity index (χ3v) is 3.34. The van der Waals surface area contributed by atoms with E-state index >= 15 is 0 Å². The molecule has 2 rings (SSSR count). The maximum atomic E-state index is 13.9. The molecule has 1 atom stereocenters. The van der Waals surface area contributed by atoms with E-state index in [0.29, 0.717) is 6.26 Å². The van der Waals surface area contributed by atoms with Crippen LogP contribution in [0.5, 0.6) is 0 Å². The summed E-state index contributed by atoms with van der Waals surface area (Å²) in [6.07, 6.45) is -4.50. The van der Waals surface area contributed by atoms with Crippen molar-refractivity contribution in [1.29, 1.82) is 0 Å². The minimum Gasteiger partial charge on any atom is -0.472 e. The Hall–Kier alpha value is -1.60. The van der Waals surface area contributed by atoms with Crippen LogP contribution in [0.1, 0.15) is 11.1 Å². The molecule has 114 valence electrons. The zero-order valence-electron chi connectivity index (χ0n) is 10.2. The third-order valence-electron chi connectivity index (χ3n) is 3.01. The quantitative estimate of drug-likeness (QED) is 0.850. The fourth-order valence-electron chi connectivity index (χ4n) is 1.94. The van der Waals surface area contributed by atoms with Crippen molar-refractivity contribution in [2.45, 2.75) is 17.7 Å². The molecule has 0 amide bonds. The van der Waals surface area contributed by atoms with Crippen molar-refractivity contribution in [3.05, 3.63) is 59.0 Å². The number of furan rings is 1. The van der Waals surface area contributed by atoms with E-state index in [0.717, 1.165) is 24.5 Å². The molecule has 1 aromatic carbocycles. The first-order valence-electron chi connectivity index (χ1n) is 5.57. The fourth-order valence-corrected chi connectivity index (χ4v) is 2.21. The summed E-state index contributed by atoms with van der Waals surface area (Å²) in [7, 11) is 0. The molecule has 0 fully saturated rings. The molecule has 2 aromatic rings. The van der Waals surface area contributed by atoms with E-state index in [1.807, 2.05) is 0 Å². The maximum absolute atomic E-state index is 13.9. The van der Waals surface area contributed by atoms with Crippen LogP contribution in [0.4, 0.5) is 22.0 Å². The molecule has 1 heterocycles. The summed E-state index contributed by atoms with van der Waals surface area (Å²) in [5, 5.41) is 9.85. The van der Waals surface area contributed by atoms with Gasteiger partial charge in [-0.15, -0.1) is 0 Å². The van der Waals surface area contributed by atoms with Gasteiger partial charge in [0.15, 0.2) is 5.60 Å². The first-order chi connectivity index (χ1) is 9.62. The molecule has 0 saturated carbocycles. The van der Waals surface area contributed by atoms with Gasteiger partial charge in [-0.25, -0.2) is 0 Å². The number of hydrogen-bond donors (Lipinski definition) is 1. The molecule has 0 spiro atoms. The maximum Gasteiger partial charge on any atom is 0.457 e. The molecule has 0 saturated heterocycles. The van der Waals surface area contributed by atoms with Gasteiger partial charge in [0.1, 0.15) is 0 Å². The summed E-state index contributed by atoms with van der Waals surface area (Å²) in [4.78, 5) is 0. The van der Waals surface area contributed by atoms with Crippen LogP contribution in [0.25, 0.3) is 0 Å². The number of rotatable bonds is 3. The van der Waals surface area contributed by atoms with Crippen LogP contribution >= 0.6 is 11.6 Å². The lowest BCUT2D eigenvalue weighted by molar-refractivity contribution is -0.336. The predicted octanol–water partition coefficient (Wildman–Crippen LogP) is 4.37. The topological polar surface area (TPSA) is 33.4 Å². The van der Waals surface area contributed by atoms with Crippen molar-refractivity contribution in [1.82, 2.24) is 0 Å². The number of halogens is 6. The lowest BCUT2D eigenvalue weighted by atomic mass is 9.81. The number of benzene rings is 1. The summed E-state index contributed by atoms with van der Waals surface area (Å²) in [5.41, 5.74) is -5.22. The smallest absolute Gasteiger partial charge is 0.457 e. The number of alkyl halides is 5. The minimum absolute atomic E-state index is 0.426. The van der Waals surface area contributed by atoms with Crippen LogP contribution < -0.4 is 0 Å². The van der Waals surface area contributed by atoms with E-state index in [2.05, 4.69) is 4.42 Å². The first kappa shape index (κ1) is 15.8. The molecule has 0 radical (unpaired) electrons. The van der Waals surface area contributed by atoms with E-state index in [-0.39, 0.29) is 0 Å². The van der Waals surface area contributed by atoms with Gasteiger partial charge in [0, 0.05) is 16.1 Å². The van der Waals surface area contributed by atoms with Crippen LogP contribution in [0, 0.1) is 0 Å². The van der Waals surface area contributed by atoms with E-state index < -0.39 is 33.8 Å². The van der Waals surface area contributed by atoms with E-state index in [9.17, 15) is 27.1 Å². The number of aliphatic hydroxyl groups is 1. The molecule has 1 N–H and O–H groups in total. The molecule has 2 nitrogen and oxygen atoms in total. The SMILES string of the molecule is OC(c1ccoc1)(c1ccccc1Cl)C(F)(F)C(F)(F)F. The largest absolute Gasteiger partial charge is 0.472 e. The summed E-state index contributed by atoms with van der Waals surface area (Å²) in [5.74, 6) is -5.48. The Balaban J connectivity index is 2.77. The Bertz CT molecular complexity index is 624. The molecule has 0 bridgehead atoms. The minimum atomic E-state index is -5.99. The Morgan fingerprint density at radius 3 is 2.10 bits per heavy atom. The highest BCUT2D eigenvalue weighted by Crippen LogP contribution is 2.53. The Morgan fingerprint density at radius 1 is 1.00 bits per heavy atom. The highest BCUT2D eigenvalue weighted by atomic mass is 35.5. The average Bonchev–Trinajstić information content (AvgIpc) is 2.91. The summed E-state index contributed by atoms with van der Waals surface area (Å²) >= 11 is 5.69. The second-order valence-corrected chi connectivity index (χ2v) is 4.68. The van der Waals surface area contributed by atoms with E-state index in [1.165, 1.54) is 12.1 Å². The van der Waals surface area contributed by atoms with Gasteiger partial charge in [-0.2, -0.15) is 22.0 Å². The Kier molecular flexibility index (Phi) is 3.75. The molecule has 0 aliphatic rings. The summed E-state index contributed by atoms with van der Waals surface area (Å²) < 4.78 is 70.7. The van der Waals surface area contributed by atoms with E-state index in [1.54, 1.807) is 0 Å². The van der Waals surface area contributed by atoms with Gasteiger partial charge in [-0.1, -0.05) is 29.8 Å². The molecule has 8 heteroatoms. The Morgan fingerprint density at radius 2 is 1.62 bits per heavy atom. The van der Waals surface area contributed by atoms with E-state index in [4.69, 9.17) is 11.6 Å². The molecule has 1 aromatic heterocycles. The molecular formula is C13H8ClF5O2. The lowest BCUT2D eigenvalue weighted by Gasteiger charge is -2.36. The van der Waals surface area contributed by atoms with Gasteiger partial charge in [0.25, 0.3) is 0 Å². The second kappa shape index (κ2) is 4.99. The second-order valence-electron chi connectivity index (χ2n) is 4.27. The average molecular weight is 327 g/mol. The van der Waals surface area contributed by atoms with Gasteiger partial charge in [-0.3, -0.25) is 0 Å². The van der Waals surface area contributed by atoms with Gasteiger partial charge in [0.05, 0.1) is 12.5 Å².